The molecule has 0 amide bonds. The lowest BCUT2D eigenvalue weighted by molar-refractivity contribution is 0.0523. The third-order valence-corrected chi connectivity index (χ3v) is 5.24. The van der Waals surface area contributed by atoms with Crippen LogP contribution in [0.5, 0.6) is 5.75 Å². The van der Waals surface area contributed by atoms with Crippen LogP contribution in [-0.4, -0.2) is 40.8 Å². The zero-order valence-corrected chi connectivity index (χ0v) is 19.5. The van der Waals surface area contributed by atoms with E-state index in [4.69, 9.17) is 15.2 Å². The third-order valence-electron chi connectivity index (χ3n) is 5.24. The summed E-state index contributed by atoms with van der Waals surface area (Å²) in [5.41, 5.74) is 11.7. The average Bonchev–Trinajstić information content (AvgIpc) is 2.90. The van der Waals surface area contributed by atoms with Gasteiger partial charge in [0.2, 0.25) is 0 Å². The summed E-state index contributed by atoms with van der Waals surface area (Å²) in [7, 11) is 1.70. The molecule has 4 aromatic rings. The largest absolute Gasteiger partial charge is 0.487 e. The number of hydrogen-bond acceptors (Lipinski definition) is 8. The number of carbonyl (C=O) groups excluding carboxylic acids is 1. The summed E-state index contributed by atoms with van der Waals surface area (Å²) in [6, 6.07) is 16.5. The SMILES string of the molecule is CCOC(=O)c1cc2ncccc2nc1COc1ccc(/C(N)=C(/C=NC)c2ccncc2)cc1. The van der Waals surface area contributed by atoms with E-state index in [2.05, 4.69) is 19.9 Å². The Morgan fingerprint density at radius 2 is 1.80 bits per heavy atom. The van der Waals surface area contributed by atoms with Crippen LogP contribution in [0.15, 0.2) is 78.2 Å². The van der Waals surface area contributed by atoms with Gasteiger partial charge in [-0.25, -0.2) is 9.78 Å². The Kier molecular flexibility index (Phi) is 7.42. The second-order valence-corrected chi connectivity index (χ2v) is 7.51. The van der Waals surface area contributed by atoms with Crippen LogP contribution < -0.4 is 10.5 Å². The normalized spacial score (nSPS) is 11.9. The fourth-order valence-corrected chi connectivity index (χ4v) is 3.53. The van der Waals surface area contributed by atoms with Crippen LogP contribution in [0.1, 0.15) is 34.1 Å². The third kappa shape index (κ3) is 5.50. The van der Waals surface area contributed by atoms with Crippen LogP contribution in [0.4, 0.5) is 0 Å². The van der Waals surface area contributed by atoms with E-state index in [1.54, 1.807) is 50.9 Å². The minimum Gasteiger partial charge on any atom is -0.487 e. The predicted octanol–water partition coefficient (Wildman–Crippen LogP) is 4.31. The summed E-state index contributed by atoms with van der Waals surface area (Å²) in [5, 5.41) is 0. The zero-order valence-electron chi connectivity index (χ0n) is 19.5. The predicted molar refractivity (Wildman–Crippen MR) is 136 cm³/mol. The number of nitrogens with two attached hydrogens (primary N) is 1. The lowest BCUT2D eigenvalue weighted by Crippen LogP contribution is -2.12. The Balaban J connectivity index is 1.58. The Morgan fingerprint density at radius 1 is 1.03 bits per heavy atom. The number of nitrogens with zero attached hydrogens (tertiary/aromatic N) is 4. The van der Waals surface area contributed by atoms with Gasteiger partial charge in [-0.05, 0) is 72.6 Å². The Bertz CT molecular complexity index is 1380. The van der Waals surface area contributed by atoms with E-state index in [9.17, 15) is 4.79 Å². The molecule has 0 radical (unpaired) electrons. The first-order chi connectivity index (χ1) is 17.1. The van der Waals surface area contributed by atoms with Gasteiger partial charge in [0.15, 0.2) is 0 Å². The van der Waals surface area contributed by atoms with Crippen molar-refractivity contribution in [3.05, 3.63) is 95.6 Å². The summed E-state index contributed by atoms with van der Waals surface area (Å²) in [4.78, 5) is 29.6. The van der Waals surface area contributed by atoms with E-state index in [0.717, 1.165) is 16.7 Å². The van der Waals surface area contributed by atoms with Gasteiger partial charge in [-0.2, -0.15) is 0 Å². The van der Waals surface area contributed by atoms with Crippen molar-refractivity contribution in [1.82, 2.24) is 15.0 Å². The number of rotatable bonds is 8. The van der Waals surface area contributed by atoms with Crippen LogP contribution in [0.25, 0.3) is 22.3 Å². The smallest absolute Gasteiger partial charge is 0.340 e. The Hall–Kier alpha value is -4.59. The van der Waals surface area contributed by atoms with E-state index in [1.165, 1.54) is 0 Å². The number of ether oxygens (including phenoxy) is 2. The number of carbonyl (C=O) groups is 1. The molecule has 0 bridgehead atoms. The van der Waals surface area contributed by atoms with Crippen molar-refractivity contribution in [2.45, 2.75) is 13.5 Å². The van der Waals surface area contributed by atoms with E-state index < -0.39 is 5.97 Å². The molecule has 1 aromatic carbocycles. The molecule has 0 unspecified atom stereocenters. The summed E-state index contributed by atoms with van der Waals surface area (Å²) >= 11 is 0. The number of esters is 1. The first-order valence-electron chi connectivity index (χ1n) is 11.1. The molecule has 0 aliphatic rings. The van der Waals surface area contributed by atoms with Crippen molar-refractivity contribution in [3.8, 4) is 5.75 Å². The Morgan fingerprint density at radius 3 is 2.51 bits per heavy atom. The minimum absolute atomic E-state index is 0.0917. The van der Waals surface area contributed by atoms with E-state index in [0.29, 0.717) is 33.7 Å². The van der Waals surface area contributed by atoms with Gasteiger partial charge in [0.1, 0.15) is 12.4 Å². The fraction of sp³-hybridized carbons (Fsp3) is 0.148. The molecule has 0 saturated carbocycles. The second-order valence-electron chi connectivity index (χ2n) is 7.51. The van der Waals surface area contributed by atoms with Crippen molar-refractivity contribution in [2.75, 3.05) is 13.7 Å². The maximum atomic E-state index is 12.5. The van der Waals surface area contributed by atoms with Crippen molar-refractivity contribution >= 4 is 34.5 Å². The van der Waals surface area contributed by atoms with Crippen molar-refractivity contribution in [2.24, 2.45) is 10.7 Å². The highest BCUT2D eigenvalue weighted by Gasteiger charge is 2.17. The number of hydrogen-bond donors (Lipinski definition) is 1. The molecule has 0 atom stereocenters. The second kappa shape index (κ2) is 11.0. The first kappa shape index (κ1) is 23.6. The van der Waals surface area contributed by atoms with E-state index >= 15 is 0 Å². The fourth-order valence-electron chi connectivity index (χ4n) is 3.53. The molecular weight excluding hydrogens is 442 g/mol. The van der Waals surface area contributed by atoms with E-state index in [-0.39, 0.29) is 13.2 Å². The number of aliphatic imine (C=N–C) groups is 1. The number of fused-ring (bicyclic) bond motifs is 1. The molecule has 0 spiro atoms. The molecule has 8 heteroatoms. The molecule has 0 aliphatic carbocycles. The van der Waals surface area contributed by atoms with Gasteiger partial charge in [-0.1, -0.05) is 0 Å². The number of allylic oxidation sites excluding steroid dienone is 1. The molecule has 2 N–H and O–H groups in total. The van der Waals surface area contributed by atoms with Crippen molar-refractivity contribution in [1.29, 1.82) is 0 Å². The highest BCUT2D eigenvalue weighted by Crippen LogP contribution is 2.24. The summed E-state index contributed by atoms with van der Waals surface area (Å²) < 4.78 is 11.1. The molecule has 4 rings (SSSR count). The molecule has 8 nitrogen and oxygen atoms in total. The summed E-state index contributed by atoms with van der Waals surface area (Å²) in [6.45, 7) is 2.11. The molecule has 176 valence electrons. The number of benzene rings is 1. The standard InChI is InChI=1S/C27H25N5O3/c1-3-34-27(33)21-15-24-23(5-4-12-31-24)32-25(21)17-35-20-8-6-19(7-9-20)26(28)22(16-29-2)18-10-13-30-14-11-18/h4-16H,3,17,28H2,1-2H3/b26-22+,29-16?. The first-order valence-corrected chi connectivity index (χ1v) is 11.1. The van der Waals surface area contributed by atoms with Crippen molar-refractivity contribution < 1.29 is 14.3 Å². The molecule has 0 fully saturated rings. The lowest BCUT2D eigenvalue weighted by atomic mass is 10.0. The lowest BCUT2D eigenvalue weighted by Gasteiger charge is -2.12. The quantitative estimate of drug-likeness (QED) is 0.303. The molecule has 35 heavy (non-hydrogen) atoms. The molecule has 3 heterocycles. The number of pyridine rings is 3. The monoisotopic (exact) mass is 467 g/mol. The minimum atomic E-state index is -0.458. The topological polar surface area (TPSA) is 113 Å². The highest BCUT2D eigenvalue weighted by molar-refractivity contribution is 6.18. The van der Waals surface area contributed by atoms with Crippen molar-refractivity contribution in [3.63, 3.8) is 0 Å². The van der Waals surface area contributed by atoms with Crippen LogP contribution in [0.3, 0.4) is 0 Å². The Labute approximate surface area is 203 Å². The van der Waals surface area contributed by atoms with Gasteiger partial charge in [-0.15, -0.1) is 0 Å². The average molecular weight is 468 g/mol. The number of aromatic nitrogens is 3. The highest BCUT2D eigenvalue weighted by atomic mass is 16.5. The van der Waals surface area contributed by atoms with Gasteiger partial charge in [-0.3, -0.25) is 15.0 Å². The van der Waals surface area contributed by atoms with Gasteiger partial charge in [0, 0.05) is 43.1 Å². The van der Waals surface area contributed by atoms with Crippen LogP contribution in [0.2, 0.25) is 0 Å². The van der Waals surface area contributed by atoms with Crippen LogP contribution >= 0.6 is 0 Å². The molecular formula is C27H25N5O3. The van der Waals surface area contributed by atoms with Crippen LogP contribution in [-0.2, 0) is 11.3 Å². The zero-order chi connectivity index (χ0) is 24.6. The van der Waals surface area contributed by atoms with E-state index in [1.807, 2.05) is 42.5 Å². The summed E-state index contributed by atoms with van der Waals surface area (Å²) in [5.74, 6) is 0.153. The molecule has 3 aromatic heterocycles. The molecule has 0 aliphatic heterocycles. The molecule has 0 saturated heterocycles. The maximum Gasteiger partial charge on any atom is 0.340 e. The van der Waals surface area contributed by atoms with Gasteiger partial charge >= 0.3 is 5.97 Å². The van der Waals surface area contributed by atoms with Gasteiger partial charge in [0.25, 0.3) is 0 Å². The van der Waals surface area contributed by atoms with Gasteiger partial charge in [0.05, 0.1) is 28.9 Å². The maximum absolute atomic E-state index is 12.5. The summed E-state index contributed by atoms with van der Waals surface area (Å²) in [6.07, 6.45) is 6.81. The van der Waals surface area contributed by atoms with Gasteiger partial charge < -0.3 is 15.2 Å². The van der Waals surface area contributed by atoms with Crippen LogP contribution in [0, 0.1) is 0 Å².